The number of hydrogen-bond acceptors (Lipinski definition) is 3. The summed E-state index contributed by atoms with van der Waals surface area (Å²) in [6, 6.07) is 5.42. The SMILES string of the molecule is COCCN(C)c1ccc(/C=C/C(=O)O)cc1Cl. The number of benzene rings is 1. The van der Waals surface area contributed by atoms with Crippen LogP contribution in [0.25, 0.3) is 6.08 Å². The maximum atomic E-state index is 10.4. The second-order valence-corrected chi connectivity index (χ2v) is 4.20. The Labute approximate surface area is 111 Å². The lowest BCUT2D eigenvalue weighted by atomic mass is 10.2. The Balaban J connectivity index is 2.82. The Morgan fingerprint density at radius 2 is 2.28 bits per heavy atom. The predicted molar refractivity (Wildman–Crippen MR) is 73.3 cm³/mol. The number of carbonyl (C=O) groups is 1. The van der Waals surface area contributed by atoms with Gasteiger partial charge in [0.2, 0.25) is 0 Å². The highest BCUT2D eigenvalue weighted by Gasteiger charge is 2.06. The Morgan fingerprint density at radius 3 is 2.83 bits per heavy atom. The summed E-state index contributed by atoms with van der Waals surface area (Å²) in [5.41, 5.74) is 1.65. The number of anilines is 1. The molecule has 0 heterocycles. The molecule has 1 aromatic carbocycles. The smallest absolute Gasteiger partial charge is 0.328 e. The average Bonchev–Trinajstić information content (AvgIpc) is 2.33. The van der Waals surface area contributed by atoms with Gasteiger partial charge in [-0.05, 0) is 23.8 Å². The van der Waals surface area contributed by atoms with Crippen molar-refractivity contribution < 1.29 is 14.6 Å². The number of carboxylic acids is 1. The standard InChI is InChI=1S/C13H16ClNO3/c1-15(7-8-18-2)12-5-3-10(9-11(12)14)4-6-13(16)17/h3-6,9H,7-8H2,1-2H3,(H,16,17)/b6-4+. The quantitative estimate of drug-likeness (QED) is 0.807. The molecule has 0 aliphatic rings. The van der Waals surface area contributed by atoms with Crippen LogP contribution < -0.4 is 4.90 Å². The summed E-state index contributed by atoms with van der Waals surface area (Å²) in [6.45, 7) is 1.36. The molecule has 0 aromatic heterocycles. The van der Waals surface area contributed by atoms with Crippen molar-refractivity contribution in [3.8, 4) is 0 Å². The van der Waals surface area contributed by atoms with E-state index in [-0.39, 0.29) is 0 Å². The molecule has 0 amide bonds. The van der Waals surface area contributed by atoms with Gasteiger partial charge in [0.25, 0.3) is 0 Å². The van der Waals surface area contributed by atoms with Gasteiger partial charge in [0.1, 0.15) is 0 Å². The minimum absolute atomic E-state index is 0.584. The van der Waals surface area contributed by atoms with E-state index in [0.29, 0.717) is 11.6 Å². The Morgan fingerprint density at radius 1 is 1.56 bits per heavy atom. The number of nitrogens with zero attached hydrogens (tertiary/aromatic N) is 1. The van der Waals surface area contributed by atoms with Gasteiger partial charge < -0.3 is 14.7 Å². The van der Waals surface area contributed by atoms with Gasteiger partial charge in [-0.2, -0.15) is 0 Å². The highest BCUT2D eigenvalue weighted by molar-refractivity contribution is 6.33. The largest absolute Gasteiger partial charge is 0.478 e. The number of aliphatic carboxylic acids is 1. The van der Waals surface area contributed by atoms with E-state index in [4.69, 9.17) is 21.4 Å². The van der Waals surface area contributed by atoms with Crippen LogP contribution in [0.4, 0.5) is 5.69 Å². The van der Waals surface area contributed by atoms with E-state index in [9.17, 15) is 4.79 Å². The van der Waals surface area contributed by atoms with E-state index in [1.165, 1.54) is 6.08 Å². The summed E-state index contributed by atoms with van der Waals surface area (Å²) in [4.78, 5) is 12.4. The van der Waals surface area contributed by atoms with Crippen LogP contribution in [0, 0.1) is 0 Å². The third kappa shape index (κ3) is 4.39. The highest BCUT2D eigenvalue weighted by atomic mass is 35.5. The molecule has 5 heteroatoms. The number of ether oxygens (including phenoxy) is 1. The average molecular weight is 270 g/mol. The minimum Gasteiger partial charge on any atom is -0.478 e. The fourth-order valence-corrected chi connectivity index (χ4v) is 1.79. The van der Waals surface area contributed by atoms with Crippen LogP contribution in [-0.4, -0.2) is 38.4 Å². The summed E-state index contributed by atoms with van der Waals surface area (Å²) in [5, 5.41) is 9.13. The summed E-state index contributed by atoms with van der Waals surface area (Å²) in [7, 11) is 3.57. The van der Waals surface area contributed by atoms with Crippen LogP contribution in [-0.2, 0) is 9.53 Å². The van der Waals surface area contributed by atoms with Crippen molar-refractivity contribution in [2.75, 3.05) is 32.2 Å². The molecule has 0 saturated heterocycles. The molecule has 0 fully saturated rings. The Kier molecular flexibility index (Phi) is 5.68. The molecule has 0 radical (unpaired) electrons. The zero-order valence-corrected chi connectivity index (χ0v) is 11.1. The van der Waals surface area contributed by atoms with Crippen molar-refractivity contribution in [1.82, 2.24) is 0 Å². The van der Waals surface area contributed by atoms with Gasteiger partial charge in [0, 0.05) is 26.8 Å². The number of halogens is 1. The van der Waals surface area contributed by atoms with E-state index >= 15 is 0 Å². The molecule has 4 nitrogen and oxygen atoms in total. The molecule has 1 N–H and O–H groups in total. The lowest BCUT2D eigenvalue weighted by molar-refractivity contribution is -0.131. The molecule has 0 spiro atoms. The lowest BCUT2D eigenvalue weighted by Gasteiger charge is -2.20. The van der Waals surface area contributed by atoms with Crippen molar-refractivity contribution in [2.45, 2.75) is 0 Å². The Bertz CT molecular complexity index is 446. The fraction of sp³-hybridized carbons (Fsp3) is 0.308. The highest BCUT2D eigenvalue weighted by Crippen LogP contribution is 2.26. The summed E-state index contributed by atoms with van der Waals surface area (Å²) in [6.07, 6.45) is 2.59. The summed E-state index contributed by atoms with van der Waals surface area (Å²) in [5.74, 6) is -0.979. The molecule has 0 atom stereocenters. The Hall–Kier alpha value is -1.52. The van der Waals surface area contributed by atoms with E-state index < -0.39 is 5.97 Å². The van der Waals surface area contributed by atoms with Crippen LogP contribution in [0.15, 0.2) is 24.3 Å². The second-order valence-electron chi connectivity index (χ2n) is 3.80. The van der Waals surface area contributed by atoms with Gasteiger partial charge in [-0.25, -0.2) is 4.79 Å². The zero-order valence-electron chi connectivity index (χ0n) is 10.4. The van der Waals surface area contributed by atoms with E-state index in [0.717, 1.165) is 23.9 Å². The van der Waals surface area contributed by atoms with Crippen molar-refractivity contribution in [1.29, 1.82) is 0 Å². The van der Waals surface area contributed by atoms with Gasteiger partial charge in [0.05, 0.1) is 17.3 Å². The first kappa shape index (κ1) is 14.5. The van der Waals surface area contributed by atoms with E-state index in [1.807, 2.05) is 24.1 Å². The van der Waals surface area contributed by atoms with Crippen LogP contribution in [0.2, 0.25) is 5.02 Å². The molecule has 0 aliphatic heterocycles. The minimum atomic E-state index is -0.979. The maximum absolute atomic E-state index is 10.4. The molecule has 1 aromatic rings. The van der Waals surface area contributed by atoms with Crippen molar-refractivity contribution >= 4 is 29.3 Å². The number of carboxylic acid groups (broad SMARTS) is 1. The van der Waals surface area contributed by atoms with Crippen LogP contribution in [0.3, 0.4) is 0 Å². The first-order valence-corrected chi connectivity index (χ1v) is 5.83. The maximum Gasteiger partial charge on any atom is 0.328 e. The number of likely N-dealkylation sites (N-methyl/N-ethyl adjacent to an activating group) is 1. The zero-order chi connectivity index (χ0) is 13.5. The molecule has 0 saturated carbocycles. The molecule has 0 unspecified atom stereocenters. The van der Waals surface area contributed by atoms with Crippen molar-refractivity contribution in [2.24, 2.45) is 0 Å². The molecular weight excluding hydrogens is 254 g/mol. The van der Waals surface area contributed by atoms with Gasteiger partial charge in [0.15, 0.2) is 0 Å². The van der Waals surface area contributed by atoms with Crippen LogP contribution in [0.1, 0.15) is 5.56 Å². The topological polar surface area (TPSA) is 49.8 Å². The van der Waals surface area contributed by atoms with Crippen molar-refractivity contribution in [3.63, 3.8) is 0 Å². The van der Waals surface area contributed by atoms with Gasteiger partial charge in [-0.1, -0.05) is 17.7 Å². The van der Waals surface area contributed by atoms with Crippen LogP contribution in [0.5, 0.6) is 0 Å². The van der Waals surface area contributed by atoms with Gasteiger partial charge >= 0.3 is 5.97 Å². The second kappa shape index (κ2) is 7.03. The molecular formula is C13H16ClNO3. The van der Waals surface area contributed by atoms with Gasteiger partial charge in [-0.15, -0.1) is 0 Å². The number of methoxy groups -OCH3 is 1. The first-order valence-electron chi connectivity index (χ1n) is 5.45. The summed E-state index contributed by atoms with van der Waals surface area (Å²) >= 11 is 6.15. The van der Waals surface area contributed by atoms with Crippen LogP contribution >= 0.6 is 11.6 Å². The number of hydrogen-bond donors (Lipinski definition) is 1. The monoisotopic (exact) mass is 269 g/mol. The molecule has 1 rings (SSSR count). The number of rotatable bonds is 6. The predicted octanol–water partition coefficient (Wildman–Crippen LogP) is 2.52. The molecule has 0 aliphatic carbocycles. The first-order chi connectivity index (χ1) is 8.54. The lowest BCUT2D eigenvalue weighted by Crippen LogP contribution is -2.22. The fourth-order valence-electron chi connectivity index (χ4n) is 1.45. The normalized spacial score (nSPS) is 10.8. The molecule has 98 valence electrons. The third-order valence-electron chi connectivity index (χ3n) is 2.43. The van der Waals surface area contributed by atoms with E-state index in [1.54, 1.807) is 13.2 Å². The summed E-state index contributed by atoms with van der Waals surface area (Å²) < 4.78 is 5.00. The molecule has 18 heavy (non-hydrogen) atoms. The van der Waals surface area contributed by atoms with E-state index in [2.05, 4.69) is 0 Å². The molecule has 0 bridgehead atoms. The third-order valence-corrected chi connectivity index (χ3v) is 2.73. The van der Waals surface area contributed by atoms with Gasteiger partial charge in [-0.3, -0.25) is 0 Å². The van der Waals surface area contributed by atoms with Crippen molar-refractivity contribution in [3.05, 3.63) is 34.9 Å².